The zero-order valence-corrected chi connectivity index (χ0v) is 12.4. The standard InChI is InChI=1S/C14H19NO4S/c1-3-20(18,19)13-6-4-12(5-7-13)15-8-11(9-15)10(2)14(16)17/h4-7,10-11H,3,8-9H2,1-2H3,(H,16,17). The van der Waals surface area contributed by atoms with Crippen LogP contribution < -0.4 is 4.90 Å². The van der Waals surface area contributed by atoms with Crippen molar-refractivity contribution < 1.29 is 18.3 Å². The lowest BCUT2D eigenvalue weighted by atomic mass is 9.87. The predicted octanol–water partition coefficient (Wildman–Crippen LogP) is 1.64. The Balaban J connectivity index is 2.02. The molecule has 0 aliphatic carbocycles. The van der Waals surface area contributed by atoms with Crippen LogP contribution in [0.1, 0.15) is 13.8 Å². The highest BCUT2D eigenvalue weighted by Gasteiger charge is 2.34. The molecule has 1 N–H and O–H groups in total. The van der Waals surface area contributed by atoms with Crippen LogP contribution in [0.4, 0.5) is 5.69 Å². The molecule has 0 aromatic heterocycles. The van der Waals surface area contributed by atoms with Crippen LogP contribution in [0.3, 0.4) is 0 Å². The van der Waals surface area contributed by atoms with Crippen LogP contribution in [0.2, 0.25) is 0 Å². The fraction of sp³-hybridized carbons (Fsp3) is 0.500. The van der Waals surface area contributed by atoms with Crippen LogP contribution >= 0.6 is 0 Å². The first-order chi connectivity index (χ1) is 9.35. The average Bonchev–Trinajstić information content (AvgIpc) is 2.37. The van der Waals surface area contributed by atoms with Gasteiger partial charge < -0.3 is 10.0 Å². The largest absolute Gasteiger partial charge is 0.481 e. The number of benzene rings is 1. The van der Waals surface area contributed by atoms with Gasteiger partial charge in [0, 0.05) is 24.7 Å². The molecule has 0 amide bonds. The van der Waals surface area contributed by atoms with Crippen LogP contribution in [0, 0.1) is 11.8 Å². The molecule has 1 aromatic rings. The number of hydrogen-bond donors (Lipinski definition) is 1. The monoisotopic (exact) mass is 297 g/mol. The summed E-state index contributed by atoms with van der Waals surface area (Å²) < 4.78 is 23.4. The molecule has 1 aliphatic heterocycles. The second-order valence-electron chi connectivity index (χ2n) is 5.19. The Morgan fingerprint density at radius 2 is 1.90 bits per heavy atom. The third kappa shape index (κ3) is 2.80. The summed E-state index contributed by atoms with van der Waals surface area (Å²) in [6.45, 7) is 4.75. The van der Waals surface area contributed by atoms with E-state index in [1.165, 1.54) is 0 Å². The molecule has 0 saturated carbocycles. The Morgan fingerprint density at radius 1 is 1.35 bits per heavy atom. The quantitative estimate of drug-likeness (QED) is 0.894. The molecule has 20 heavy (non-hydrogen) atoms. The number of anilines is 1. The van der Waals surface area contributed by atoms with E-state index < -0.39 is 15.8 Å². The smallest absolute Gasteiger partial charge is 0.306 e. The van der Waals surface area contributed by atoms with Crippen molar-refractivity contribution in [3.05, 3.63) is 24.3 Å². The zero-order valence-electron chi connectivity index (χ0n) is 11.6. The molecule has 110 valence electrons. The van der Waals surface area contributed by atoms with Crippen LogP contribution in [-0.4, -0.2) is 38.3 Å². The van der Waals surface area contributed by atoms with Crippen molar-refractivity contribution in [3.8, 4) is 0 Å². The van der Waals surface area contributed by atoms with Gasteiger partial charge in [0.2, 0.25) is 0 Å². The highest BCUT2D eigenvalue weighted by molar-refractivity contribution is 7.91. The van der Waals surface area contributed by atoms with Crippen LogP contribution in [-0.2, 0) is 14.6 Å². The lowest BCUT2D eigenvalue weighted by molar-refractivity contribution is -0.143. The molecule has 2 rings (SSSR count). The molecule has 1 unspecified atom stereocenters. The van der Waals surface area contributed by atoms with Crippen molar-refractivity contribution in [1.82, 2.24) is 0 Å². The number of hydrogen-bond acceptors (Lipinski definition) is 4. The summed E-state index contributed by atoms with van der Waals surface area (Å²) in [7, 11) is -3.16. The molecular weight excluding hydrogens is 278 g/mol. The Hall–Kier alpha value is -1.56. The maximum atomic E-state index is 11.7. The first kappa shape index (κ1) is 14.8. The number of carboxylic acid groups (broad SMARTS) is 1. The second kappa shape index (κ2) is 5.44. The molecule has 1 atom stereocenters. The summed E-state index contributed by atoms with van der Waals surface area (Å²) in [5.41, 5.74) is 0.939. The average molecular weight is 297 g/mol. The number of carboxylic acids is 1. The van der Waals surface area contributed by atoms with E-state index in [9.17, 15) is 13.2 Å². The summed E-state index contributed by atoms with van der Waals surface area (Å²) >= 11 is 0. The SMILES string of the molecule is CCS(=O)(=O)c1ccc(N2CC(C(C)C(=O)O)C2)cc1. The molecule has 1 saturated heterocycles. The van der Waals surface area contributed by atoms with E-state index in [4.69, 9.17) is 5.11 Å². The maximum absolute atomic E-state index is 11.7. The van der Waals surface area contributed by atoms with E-state index in [0.29, 0.717) is 18.0 Å². The molecule has 5 nitrogen and oxygen atoms in total. The summed E-state index contributed by atoms with van der Waals surface area (Å²) in [6, 6.07) is 6.79. The van der Waals surface area contributed by atoms with Gasteiger partial charge in [0.05, 0.1) is 16.6 Å². The Morgan fingerprint density at radius 3 is 2.35 bits per heavy atom. The molecule has 1 aliphatic rings. The number of aliphatic carboxylic acids is 1. The molecule has 1 heterocycles. The summed E-state index contributed by atoms with van der Waals surface area (Å²) in [5, 5.41) is 8.94. The summed E-state index contributed by atoms with van der Waals surface area (Å²) in [6.07, 6.45) is 0. The molecule has 6 heteroatoms. The number of carbonyl (C=O) groups is 1. The minimum Gasteiger partial charge on any atom is -0.481 e. The van der Waals surface area contributed by atoms with Crippen LogP contribution in [0.15, 0.2) is 29.2 Å². The third-order valence-corrected chi connectivity index (χ3v) is 5.70. The minimum absolute atomic E-state index is 0.0915. The second-order valence-corrected chi connectivity index (χ2v) is 7.47. The van der Waals surface area contributed by atoms with Crippen molar-refractivity contribution in [2.24, 2.45) is 11.8 Å². The van der Waals surface area contributed by atoms with Gasteiger partial charge in [-0.05, 0) is 24.3 Å². The van der Waals surface area contributed by atoms with E-state index in [-0.39, 0.29) is 17.6 Å². The highest BCUT2D eigenvalue weighted by atomic mass is 32.2. The maximum Gasteiger partial charge on any atom is 0.306 e. The van der Waals surface area contributed by atoms with Crippen molar-refractivity contribution in [1.29, 1.82) is 0 Å². The van der Waals surface area contributed by atoms with Gasteiger partial charge >= 0.3 is 5.97 Å². The Bertz CT molecular complexity index is 588. The van der Waals surface area contributed by atoms with Gasteiger partial charge in [-0.1, -0.05) is 13.8 Å². The van der Waals surface area contributed by atoms with Crippen molar-refractivity contribution in [3.63, 3.8) is 0 Å². The van der Waals surface area contributed by atoms with E-state index in [1.807, 2.05) is 0 Å². The first-order valence-corrected chi connectivity index (χ1v) is 8.31. The van der Waals surface area contributed by atoms with E-state index in [2.05, 4.69) is 4.90 Å². The molecular formula is C14H19NO4S. The summed E-state index contributed by atoms with van der Waals surface area (Å²) in [4.78, 5) is 13.3. The van der Waals surface area contributed by atoms with Gasteiger partial charge in [-0.25, -0.2) is 8.42 Å². The number of rotatable bonds is 5. The number of nitrogens with zero attached hydrogens (tertiary/aromatic N) is 1. The lowest BCUT2D eigenvalue weighted by Gasteiger charge is -2.43. The number of sulfone groups is 1. The van der Waals surface area contributed by atoms with Gasteiger partial charge in [-0.15, -0.1) is 0 Å². The van der Waals surface area contributed by atoms with Crippen LogP contribution in [0.5, 0.6) is 0 Å². The minimum atomic E-state index is -3.16. The molecule has 0 radical (unpaired) electrons. The lowest BCUT2D eigenvalue weighted by Crippen LogP contribution is -2.51. The molecule has 0 bridgehead atoms. The van der Waals surface area contributed by atoms with Gasteiger partial charge in [-0.3, -0.25) is 4.79 Å². The van der Waals surface area contributed by atoms with Gasteiger partial charge in [0.1, 0.15) is 0 Å². The molecule has 0 spiro atoms. The van der Waals surface area contributed by atoms with E-state index >= 15 is 0 Å². The van der Waals surface area contributed by atoms with Gasteiger partial charge in [0.15, 0.2) is 9.84 Å². The molecule has 1 aromatic carbocycles. The fourth-order valence-electron chi connectivity index (χ4n) is 2.27. The van der Waals surface area contributed by atoms with Crippen LogP contribution in [0.25, 0.3) is 0 Å². The van der Waals surface area contributed by atoms with Crippen molar-refractivity contribution in [2.45, 2.75) is 18.7 Å². The van der Waals surface area contributed by atoms with Crippen molar-refractivity contribution >= 4 is 21.5 Å². The normalized spacial score (nSPS) is 17.6. The fourth-order valence-corrected chi connectivity index (χ4v) is 3.16. The topological polar surface area (TPSA) is 74.7 Å². The van der Waals surface area contributed by atoms with Crippen molar-refractivity contribution in [2.75, 3.05) is 23.7 Å². The molecule has 1 fully saturated rings. The van der Waals surface area contributed by atoms with Gasteiger partial charge in [-0.2, -0.15) is 0 Å². The Labute approximate surface area is 119 Å². The van der Waals surface area contributed by atoms with E-state index in [0.717, 1.165) is 5.69 Å². The Kier molecular flexibility index (Phi) is 4.04. The van der Waals surface area contributed by atoms with Gasteiger partial charge in [0.25, 0.3) is 0 Å². The zero-order chi connectivity index (χ0) is 14.9. The predicted molar refractivity (Wildman–Crippen MR) is 76.7 cm³/mol. The van der Waals surface area contributed by atoms with E-state index in [1.54, 1.807) is 38.1 Å². The highest BCUT2D eigenvalue weighted by Crippen LogP contribution is 2.30. The third-order valence-electron chi connectivity index (χ3n) is 3.95. The summed E-state index contributed by atoms with van der Waals surface area (Å²) in [5.74, 6) is -0.856. The first-order valence-electron chi connectivity index (χ1n) is 6.65.